The van der Waals surface area contributed by atoms with Gasteiger partial charge in [-0.05, 0) is 59.7 Å². The fourth-order valence-electron chi connectivity index (χ4n) is 4.10. The van der Waals surface area contributed by atoms with E-state index in [9.17, 15) is 9.59 Å². The van der Waals surface area contributed by atoms with Crippen LogP contribution in [0.25, 0.3) is 0 Å². The largest absolute Gasteiger partial charge is 0.497 e. The number of nitrogens with one attached hydrogen (secondary N) is 1. The Bertz CT molecular complexity index is 1330. The minimum atomic E-state index is -0.602. The molecule has 5 rings (SSSR count). The topological polar surface area (TPSA) is 83.4 Å². The van der Waals surface area contributed by atoms with Crippen molar-refractivity contribution >= 4 is 51.7 Å². The van der Waals surface area contributed by atoms with Gasteiger partial charge in [0.25, 0.3) is 5.91 Å². The van der Waals surface area contributed by atoms with Crippen molar-refractivity contribution < 1.29 is 14.3 Å². The van der Waals surface area contributed by atoms with E-state index in [2.05, 4.69) is 10.3 Å². The second-order valence-electron chi connectivity index (χ2n) is 8.35. The molecular weight excluding hydrogens is 496 g/mol. The molecule has 0 aliphatic carbocycles. The number of aliphatic imine (C=N–C) groups is 1. The molecule has 0 saturated heterocycles. The molecule has 3 aromatic rings. The first-order valence-electron chi connectivity index (χ1n) is 11.4. The van der Waals surface area contributed by atoms with Crippen LogP contribution in [0.5, 0.6) is 5.75 Å². The summed E-state index contributed by atoms with van der Waals surface area (Å²) >= 11 is 7.39. The Balaban J connectivity index is 1.36. The fourth-order valence-corrected chi connectivity index (χ4v) is 5.28. The first-order valence-corrected chi connectivity index (χ1v) is 12.7. The molecule has 1 N–H and O–H groups in total. The zero-order chi connectivity index (χ0) is 25.1. The summed E-state index contributed by atoms with van der Waals surface area (Å²) in [7, 11) is 1.63. The van der Waals surface area contributed by atoms with Crippen molar-refractivity contribution in [3.8, 4) is 5.75 Å². The molecule has 2 amide bonds. The quantitative estimate of drug-likeness (QED) is 0.464. The number of nitrogens with zero attached hydrogens (tertiary/aromatic N) is 3. The summed E-state index contributed by atoms with van der Waals surface area (Å²) in [4.78, 5) is 29.6. The molecule has 2 aliphatic heterocycles. The number of hydrazone groups is 1. The van der Waals surface area contributed by atoms with E-state index in [0.717, 1.165) is 22.6 Å². The summed E-state index contributed by atoms with van der Waals surface area (Å²) in [6.07, 6.45) is 0.654. The molecule has 2 atom stereocenters. The minimum absolute atomic E-state index is 0.0277. The van der Waals surface area contributed by atoms with Gasteiger partial charge in [0, 0.05) is 23.6 Å². The Labute approximate surface area is 218 Å². The number of ether oxygens (including phenoxy) is 1. The van der Waals surface area contributed by atoms with E-state index in [1.807, 2.05) is 66.7 Å². The van der Waals surface area contributed by atoms with Crippen LogP contribution in [0.4, 0.5) is 5.69 Å². The van der Waals surface area contributed by atoms with Gasteiger partial charge in [-0.15, -0.1) is 0 Å². The van der Waals surface area contributed by atoms with E-state index in [1.54, 1.807) is 24.3 Å². The summed E-state index contributed by atoms with van der Waals surface area (Å²) < 4.78 is 5.27. The van der Waals surface area contributed by atoms with Crippen molar-refractivity contribution in [3.63, 3.8) is 0 Å². The number of para-hydroxylation sites is 1. The van der Waals surface area contributed by atoms with Crippen LogP contribution in [-0.4, -0.2) is 40.1 Å². The molecule has 0 spiro atoms. The molecule has 3 aromatic carbocycles. The number of amidine groups is 1. The standard InChI is InChI=1S/C27H23ClN4O3S/c1-35-21-13-9-17(10-14-21)22-15-23(18-7-11-19(28)12-8-18)32(31-22)27-30-26(34)24(36-27)16-25(33)29-20-5-3-2-4-6-20/h2-14,23-24H,15-16H2,1H3,(H,29,33)/t23-,24-/m0/s1. The normalized spacial score (nSPS) is 19.2. The fraction of sp³-hybridized carbons (Fsp3) is 0.185. The predicted octanol–water partition coefficient (Wildman–Crippen LogP) is 5.53. The molecule has 182 valence electrons. The lowest BCUT2D eigenvalue weighted by Gasteiger charge is -2.23. The van der Waals surface area contributed by atoms with Crippen molar-refractivity contribution in [2.24, 2.45) is 10.1 Å². The average Bonchev–Trinajstić information content (AvgIpc) is 3.49. The maximum Gasteiger partial charge on any atom is 0.262 e. The summed E-state index contributed by atoms with van der Waals surface area (Å²) in [5.41, 5.74) is 3.53. The summed E-state index contributed by atoms with van der Waals surface area (Å²) in [6, 6.07) is 24.3. The van der Waals surface area contributed by atoms with Crippen LogP contribution >= 0.6 is 23.4 Å². The summed E-state index contributed by atoms with van der Waals surface area (Å²) in [5, 5.41) is 10.0. The molecule has 7 nitrogen and oxygen atoms in total. The molecule has 0 radical (unpaired) electrons. The van der Waals surface area contributed by atoms with Crippen LogP contribution in [0.3, 0.4) is 0 Å². The second kappa shape index (κ2) is 10.6. The first kappa shape index (κ1) is 24.1. The van der Waals surface area contributed by atoms with Crippen molar-refractivity contribution in [1.29, 1.82) is 0 Å². The van der Waals surface area contributed by atoms with Crippen molar-refractivity contribution in [2.75, 3.05) is 12.4 Å². The van der Waals surface area contributed by atoms with Gasteiger partial charge in [0.15, 0.2) is 5.17 Å². The van der Waals surface area contributed by atoms with E-state index in [-0.39, 0.29) is 24.3 Å². The van der Waals surface area contributed by atoms with Gasteiger partial charge in [-0.3, -0.25) is 9.59 Å². The van der Waals surface area contributed by atoms with Gasteiger partial charge in [-0.1, -0.05) is 53.7 Å². The lowest BCUT2D eigenvalue weighted by atomic mass is 9.98. The number of anilines is 1. The third kappa shape index (κ3) is 5.29. The van der Waals surface area contributed by atoms with Crippen LogP contribution in [-0.2, 0) is 9.59 Å². The van der Waals surface area contributed by atoms with Gasteiger partial charge in [0.2, 0.25) is 5.91 Å². The van der Waals surface area contributed by atoms with Crippen molar-refractivity contribution in [1.82, 2.24) is 5.01 Å². The van der Waals surface area contributed by atoms with Crippen LogP contribution in [0.15, 0.2) is 89.0 Å². The molecule has 36 heavy (non-hydrogen) atoms. The minimum Gasteiger partial charge on any atom is -0.497 e. The lowest BCUT2D eigenvalue weighted by molar-refractivity contribution is -0.121. The lowest BCUT2D eigenvalue weighted by Crippen LogP contribution is -2.25. The van der Waals surface area contributed by atoms with Gasteiger partial charge in [-0.25, -0.2) is 5.01 Å². The molecule has 0 fully saturated rings. The smallest absolute Gasteiger partial charge is 0.262 e. The number of methoxy groups -OCH3 is 1. The number of amides is 2. The summed E-state index contributed by atoms with van der Waals surface area (Å²) in [6.45, 7) is 0. The number of thioether (sulfide) groups is 1. The van der Waals surface area contributed by atoms with Gasteiger partial charge < -0.3 is 10.1 Å². The average molecular weight is 519 g/mol. The SMILES string of the molecule is COc1ccc(C2=NN(C3=NC(=O)[C@H](CC(=O)Nc4ccccc4)S3)[C@H](c3ccc(Cl)cc3)C2)cc1. The highest BCUT2D eigenvalue weighted by Gasteiger charge is 2.39. The van der Waals surface area contributed by atoms with Crippen molar-refractivity contribution in [3.05, 3.63) is 95.0 Å². The van der Waals surface area contributed by atoms with Crippen LogP contribution in [0, 0.1) is 0 Å². The highest BCUT2D eigenvalue weighted by atomic mass is 35.5. The van der Waals surface area contributed by atoms with Crippen LogP contribution < -0.4 is 10.1 Å². The van der Waals surface area contributed by atoms with Crippen LogP contribution in [0.1, 0.15) is 30.0 Å². The molecule has 0 bridgehead atoms. The number of rotatable bonds is 6. The van der Waals surface area contributed by atoms with E-state index >= 15 is 0 Å². The molecule has 0 unspecified atom stereocenters. The first-order chi connectivity index (χ1) is 17.5. The zero-order valence-corrected chi connectivity index (χ0v) is 21.0. The highest BCUT2D eigenvalue weighted by Crippen LogP contribution is 2.39. The second-order valence-corrected chi connectivity index (χ2v) is 9.95. The number of hydrogen-bond donors (Lipinski definition) is 1. The number of hydrogen-bond acceptors (Lipinski definition) is 6. The van der Waals surface area contributed by atoms with Crippen LogP contribution in [0.2, 0.25) is 5.02 Å². The zero-order valence-electron chi connectivity index (χ0n) is 19.4. The third-order valence-corrected chi connectivity index (χ3v) is 7.34. The molecular formula is C27H23ClN4O3S. The van der Waals surface area contributed by atoms with Crippen molar-refractivity contribution in [2.45, 2.75) is 24.1 Å². The summed E-state index contributed by atoms with van der Waals surface area (Å²) in [5.74, 6) is 0.198. The Kier molecular flexibility index (Phi) is 7.06. The van der Waals surface area contributed by atoms with Gasteiger partial charge in [0.1, 0.15) is 11.0 Å². The Morgan fingerprint density at radius 1 is 1.08 bits per heavy atom. The molecule has 0 saturated carbocycles. The maximum absolute atomic E-state index is 12.7. The molecule has 0 aromatic heterocycles. The van der Waals surface area contributed by atoms with Gasteiger partial charge >= 0.3 is 0 Å². The third-order valence-electron chi connectivity index (χ3n) is 5.94. The Morgan fingerprint density at radius 3 is 2.50 bits per heavy atom. The molecule has 2 aliphatic rings. The maximum atomic E-state index is 12.7. The Morgan fingerprint density at radius 2 is 1.81 bits per heavy atom. The number of benzene rings is 3. The number of carbonyl (C=O) groups excluding carboxylic acids is 2. The monoisotopic (exact) mass is 518 g/mol. The van der Waals surface area contributed by atoms with E-state index < -0.39 is 5.25 Å². The van der Waals surface area contributed by atoms with Gasteiger partial charge in [0.05, 0.1) is 18.9 Å². The highest BCUT2D eigenvalue weighted by molar-refractivity contribution is 8.15. The van der Waals surface area contributed by atoms with E-state index in [0.29, 0.717) is 22.3 Å². The van der Waals surface area contributed by atoms with E-state index in [4.69, 9.17) is 21.4 Å². The molecule has 2 heterocycles. The number of carbonyl (C=O) groups is 2. The Hall–Kier alpha value is -3.62. The van der Waals surface area contributed by atoms with Gasteiger partial charge in [-0.2, -0.15) is 10.1 Å². The van der Waals surface area contributed by atoms with E-state index in [1.165, 1.54) is 11.8 Å². The molecule has 9 heteroatoms. The predicted molar refractivity (Wildman–Crippen MR) is 144 cm³/mol. The number of halogens is 1.